The van der Waals surface area contributed by atoms with Gasteiger partial charge in [-0.05, 0) is 43.3 Å². The molecule has 2 heterocycles. The van der Waals surface area contributed by atoms with Gasteiger partial charge in [0.15, 0.2) is 5.82 Å². The second-order valence-corrected chi connectivity index (χ2v) is 7.09. The van der Waals surface area contributed by atoms with E-state index in [1.165, 1.54) is 23.0 Å². The molecular formula is C20H12BrF2N3O2. The van der Waals surface area contributed by atoms with Crippen LogP contribution in [0.2, 0.25) is 0 Å². The van der Waals surface area contributed by atoms with Crippen molar-refractivity contribution in [1.82, 2.24) is 14.8 Å². The second-order valence-electron chi connectivity index (χ2n) is 6.17. The Labute approximate surface area is 166 Å². The highest BCUT2D eigenvalue weighted by Crippen LogP contribution is 2.30. The molecule has 0 spiro atoms. The summed E-state index contributed by atoms with van der Waals surface area (Å²) in [4.78, 5) is 16.3. The molecule has 1 N–H and O–H groups in total. The molecule has 28 heavy (non-hydrogen) atoms. The number of pyridine rings is 1. The molecule has 0 aliphatic heterocycles. The Hall–Kier alpha value is -3.13. The molecule has 0 aliphatic rings. The van der Waals surface area contributed by atoms with E-state index in [0.29, 0.717) is 27.9 Å². The lowest BCUT2D eigenvalue weighted by Gasteiger charge is -2.09. The van der Waals surface area contributed by atoms with Crippen LogP contribution in [0, 0.1) is 18.6 Å². The zero-order valence-corrected chi connectivity index (χ0v) is 16.0. The third-order valence-electron chi connectivity index (χ3n) is 4.42. The average molecular weight is 444 g/mol. The smallest absolute Gasteiger partial charge is 0.336 e. The van der Waals surface area contributed by atoms with Crippen molar-refractivity contribution in [3.63, 3.8) is 0 Å². The number of benzene rings is 2. The first-order valence-electron chi connectivity index (χ1n) is 8.19. The average Bonchev–Trinajstić information content (AvgIpc) is 3.02. The number of fused-ring (bicyclic) bond motifs is 1. The van der Waals surface area contributed by atoms with E-state index in [-0.39, 0.29) is 11.3 Å². The maximum Gasteiger partial charge on any atom is 0.336 e. The number of hydrogen-bond donors (Lipinski definition) is 1. The third kappa shape index (κ3) is 3.05. The molecule has 4 aromatic rings. The van der Waals surface area contributed by atoms with Gasteiger partial charge >= 0.3 is 5.97 Å². The third-order valence-corrected chi connectivity index (χ3v) is 4.92. The summed E-state index contributed by atoms with van der Waals surface area (Å²) in [6.45, 7) is 1.71. The van der Waals surface area contributed by atoms with Crippen LogP contribution in [-0.4, -0.2) is 25.8 Å². The summed E-state index contributed by atoms with van der Waals surface area (Å²) in [7, 11) is 0. The molecule has 0 fully saturated rings. The number of aromatic carboxylic acids is 1. The quantitative estimate of drug-likeness (QED) is 0.476. The van der Waals surface area contributed by atoms with Gasteiger partial charge in [0.1, 0.15) is 11.5 Å². The Morgan fingerprint density at radius 3 is 2.64 bits per heavy atom. The lowest BCUT2D eigenvalue weighted by Crippen LogP contribution is -2.03. The summed E-state index contributed by atoms with van der Waals surface area (Å²) in [5, 5.41) is 14.3. The highest BCUT2D eigenvalue weighted by atomic mass is 79.9. The van der Waals surface area contributed by atoms with Crippen LogP contribution in [0.1, 0.15) is 16.1 Å². The molecule has 8 heteroatoms. The van der Waals surface area contributed by atoms with Crippen molar-refractivity contribution < 1.29 is 18.7 Å². The normalized spacial score (nSPS) is 11.1. The fourth-order valence-electron chi connectivity index (χ4n) is 3.07. The number of hydrogen-bond acceptors (Lipinski definition) is 3. The minimum absolute atomic E-state index is 0.0910. The number of nitrogens with zero attached hydrogens (tertiary/aromatic N) is 3. The Morgan fingerprint density at radius 2 is 1.93 bits per heavy atom. The van der Waals surface area contributed by atoms with Crippen molar-refractivity contribution in [2.45, 2.75) is 6.92 Å². The van der Waals surface area contributed by atoms with Gasteiger partial charge in [0.25, 0.3) is 0 Å². The van der Waals surface area contributed by atoms with Crippen LogP contribution >= 0.6 is 15.9 Å². The van der Waals surface area contributed by atoms with Crippen LogP contribution < -0.4 is 0 Å². The van der Waals surface area contributed by atoms with Gasteiger partial charge in [0, 0.05) is 21.5 Å². The van der Waals surface area contributed by atoms with Gasteiger partial charge in [-0.3, -0.25) is 0 Å². The standard InChI is InChI=1S/C20H12BrF2N3O2/c1-10-15(9-24-26(10)19-5-3-12(22)7-16(19)23)18-8-14(20(27)28)13-6-11(21)2-4-17(13)25-18/h2-9H,1H3,(H,27,28). The fourth-order valence-corrected chi connectivity index (χ4v) is 3.43. The lowest BCUT2D eigenvalue weighted by molar-refractivity contribution is 0.0699. The Balaban J connectivity index is 1.91. The number of carbonyl (C=O) groups is 1. The van der Waals surface area contributed by atoms with E-state index >= 15 is 0 Å². The van der Waals surface area contributed by atoms with E-state index in [9.17, 15) is 18.7 Å². The number of aromatic nitrogens is 3. The van der Waals surface area contributed by atoms with Crippen molar-refractivity contribution in [2.24, 2.45) is 0 Å². The monoisotopic (exact) mass is 443 g/mol. The second kappa shape index (κ2) is 6.79. The van der Waals surface area contributed by atoms with E-state index in [1.54, 1.807) is 25.1 Å². The molecule has 140 valence electrons. The molecule has 0 aliphatic carbocycles. The molecule has 2 aromatic carbocycles. The molecular weight excluding hydrogens is 432 g/mol. The highest BCUT2D eigenvalue weighted by molar-refractivity contribution is 9.10. The SMILES string of the molecule is Cc1c(-c2cc(C(=O)O)c3cc(Br)ccc3n2)cnn1-c1ccc(F)cc1F. The first-order chi connectivity index (χ1) is 13.3. The first kappa shape index (κ1) is 18.2. The van der Waals surface area contributed by atoms with Gasteiger partial charge in [0.2, 0.25) is 0 Å². The maximum atomic E-state index is 14.1. The van der Waals surface area contributed by atoms with Crippen molar-refractivity contribution in [3.05, 3.63) is 76.0 Å². The molecule has 0 unspecified atom stereocenters. The van der Waals surface area contributed by atoms with Gasteiger partial charge in [-0.15, -0.1) is 0 Å². The Morgan fingerprint density at radius 1 is 1.14 bits per heavy atom. The van der Waals surface area contributed by atoms with Crippen LogP contribution in [0.15, 0.2) is 53.1 Å². The van der Waals surface area contributed by atoms with Gasteiger partial charge in [-0.1, -0.05) is 15.9 Å². The molecule has 0 saturated carbocycles. The van der Waals surface area contributed by atoms with Gasteiger partial charge < -0.3 is 5.11 Å². The minimum Gasteiger partial charge on any atom is -0.478 e. The van der Waals surface area contributed by atoms with Crippen LogP contribution in [0.25, 0.3) is 27.8 Å². The largest absolute Gasteiger partial charge is 0.478 e. The minimum atomic E-state index is -1.08. The van der Waals surface area contributed by atoms with E-state index in [4.69, 9.17) is 0 Å². The summed E-state index contributed by atoms with van der Waals surface area (Å²) in [6, 6.07) is 9.87. The predicted octanol–water partition coefficient (Wildman–Crippen LogP) is 5.13. The molecule has 0 amide bonds. The molecule has 0 radical (unpaired) electrons. The lowest BCUT2D eigenvalue weighted by atomic mass is 10.0. The van der Waals surface area contributed by atoms with Crippen LogP contribution in [-0.2, 0) is 0 Å². The van der Waals surface area contributed by atoms with Crippen molar-refractivity contribution in [2.75, 3.05) is 0 Å². The summed E-state index contributed by atoms with van der Waals surface area (Å²) < 4.78 is 29.4. The maximum absolute atomic E-state index is 14.1. The number of carboxylic acids is 1. The number of rotatable bonds is 3. The van der Waals surface area contributed by atoms with E-state index in [1.807, 2.05) is 0 Å². The van der Waals surface area contributed by atoms with E-state index < -0.39 is 17.6 Å². The Bertz CT molecular complexity index is 1250. The molecule has 5 nitrogen and oxygen atoms in total. The topological polar surface area (TPSA) is 68.0 Å². The van der Waals surface area contributed by atoms with Crippen molar-refractivity contribution in [3.8, 4) is 16.9 Å². The Kier molecular flexibility index (Phi) is 4.43. The molecule has 2 aromatic heterocycles. The zero-order valence-electron chi connectivity index (χ0n) is 14.4. The van der Waals surface area contributed by atoms with Crippen molar-refractivity contribution in [1.29, 1.82) is 0 Å². The van der Waals surface area contributed by atoms with E-state index in [2.05, 4.69) is 26.0 Å². The van der Waals surface area contributed by atoms with Gasteiger partial charge in [0.05, 0.1) is 28.7 Å². The van der Waals surface area contributed by atoms with Crippen LogP contribution in [0.4, 0.5) is 8.78 Å². The summed E-state index contributed by atoms with van der Waals surface area (Å²) in [5.41, 5.74) is 2.20. The van der Waals surface area contributed by atoms with Crippen molar-refractivity contribution >= 4 is 32.8 Å². The predicted molar refractivity (Wildman–Crippen MR) is 104 cm³/mol. The number of carboxylic acid groups (broad SMARTS) is 1. The summed E-state index contributed by atoms with van der Waals surface area (Å²) in [5.74, 6) is -2.51. The highest BCUT2D eigenvalue weighted by Gasteiger charge is 2.18. The van der Waals surface area contributed by atoms with Gasteiger partial charge in [-0.25, -0.2) is 23.2 Å². The van der Waals surface area contributed by atoms with E-state index in [0.717, 1.165) is 16.6 Å². The molecule has 0 saturated heterocycles. The fraction of sp³-hybridized carbons (Fsp3) is 0.0500. The molecule has 4 rings (SSSR count). The van der Waals surface area contributed by atoms with Crippen LogP contribution in [0.5, 0.6) is 0 Å². The summed E-state index contributed by atoms with van der Waals surface area (Å²) >= 11 is 3.34. The first-order valence-corrected chi connectivity index (χ1v) is 8.98. The molecule has 0 bridgehead atoms. The summed E-state index contributed by atoms with van der Waals surface area (Å²) in [6.07, 6.45) is 1.48. The van der Waals surface area contributed by atoms with Crippen LogP contribution in [0.3, 0.4) is 0 Å². The zero-order chi connectivity index (χ0) is 20.0. The number of halogens is 3. The van der Waals surface area contributed by atoms with Gasteiger partial charge in [-0.2, -0.15) is 5.10 Å². The molecule has 0 atom stereocenters.